The standard InChI is InChI=1S/C17H23N3O3S/c1-5-14-10-8-9-13(4)16(14)24(22,23)15-11-12-20(18-15)17(21)19(6-2)7-3/h8-12H,5-7H2,1-4H3. The molecule has 1 heterocycles. The van der Waals surface area contributed by atoms with E-state index >= 15 is 0 Å². The van der Waals surface area contributed by atoms with Gasteiger partial charge in [0.15, 0.2) is 5.03 Å². The van der Waals surface area contributed by atoms with E-state index < -0.39 is 9.84 Å². The second kappa shape index (κ2) is 7.17. The molecule has 7 heteroatoms. The summed E-state index contributed by atoms with van der Waals surface area (Å²) in [5.41, 5.74) is 1.43. The van der Waals surface area contributed by atoms with Gasteiger partial charge in [-0.05, 0) is 44.4 Å². The average molecular weight is 349 g/mol. The molecular formula is C17H23N3O3S. The quantitative estimate of drug-likeness (QED) is 0.832. The third-order valence-corrected chi connectivity index (χ3v) is 5.90. The van der Waals surface area contributed by atoms with Crippen molar-refractivity contribution in [2.45, 2.75) is 44.0 Å². The Labute approximate surface area is 143 Å². The fourth-order valence-corrected chi connectivity index (χ4v) is 4.37. The lowest BCUT2D eigenvalue weighted by Crippen LogP contribution is -2.34. The van der Waals surface area contributed by atoms with E-state index in [0.717, 1.165) is 10.2 Å². The molecule has 6 nitrogen and oxygen atoms in total. The first kappa shape index (κ1) is 18.2. The van der Waals surface area contributed by atoms with E-state index in [1.165, 1.54) is 12.3 Å². The van der Waals surface area contributed by atoms with Gasteiger partial charge in [0.1, 0.15) is 0 Å². The Morgan fingerprint density at radius 2 is 1.83 bits per heavy atom. The van der Waals surface area contributed by atoms with Crippen molar-refractivity contribution in [2.24, 2.45) is 0 Å². The molecule has 0 bridgehead atoms. The number of rotatable bonds is 5. The third kappa shape index (κ3) is 3.21. The molecule has 0 saturated heterocycles. The third-order valence-electron chi connectivity index (χ3n) is 4.01. The molecule has 0 unspecified atom stereocenters. The second-order valence-electron chi connectivity index (χ2n) is 5.47. The average Bonchev–Trinajstić information content (AvgIpc) is 3.06. The van der Waals surface area contributed by atoms with Crippen molar-refractivity contribution in [3.8, 4) is 0 Å². The van der Waals surface area contributed by atoms with Gasteiger partial charge in [0.2, 0.25) is 9.84 Å². The van der Waals surface area contributed by atoms with Crippen molar-refractivity contribution in [2.75, 3.05) is 13.1 Å². The zero-order valence-corrected chi connectivity index (χ0v) is 15.3. The maximum Gasteiger partial charge on any atom is 0.344 e. The number of sulfone groups is 1. The molecule has 0 radical (unpaired) electrons. The molecule has 0 aliphatic heterocycles. The summed E-state index contributed by atoms with van der Waals surface area (Å²) in [6.45, 7) is 8.48. The van der Waals surface area contributed by atoms with Gasteiger partial charge in [0, 0.05) is 19.3 Å². The molecule has 0 aliphatic carbocycles. The van der Waals surface area contributed by atoms with Crippen LogP contribution in [0.1, 0.15) is 31.9 Å². The Balaban J connectivity index is 2.48. The van der Waals surface area contributed by atoms with Crippen molar-refractivity contribution < 1.29 is 13.2 Å². The van der Waals surface area contributed by atoms with Crippen LogP contribution in [-0.2, 0) is 16.3 Å². The molecule has 1 aromatic carbocycles. The first-order valence-electron chi connectivity index (χ1n) is 8.05. The highest BCUT2D eigenvalue weighted by molar-refractivity contribution is 7.91. The highest BCUT2D eigenvalue weighted by atomic mass is 32.2. The van der Waals surface area contributed by atoms with Gasteiger partial charge in [-0.2, -0.15) is 9.78 Å². The lowest BCUT2D eigenvalue weighted by Gasteiger charge is -2.17. The number of aryl methyl sites for hydroxylation is 2. The molecule has 130 valence electrons. The van der Waals surface area contributed by atoms with Crippen LogP contribution < -0.4 is 0 Å². The van der Waals surface area contributed by atoms with Gasteiger partial charge in [0.05, 0.1) is 4.90 Å². The number of carbonyl (C=O) groups excluding carboxylic acids is 1. The van der Waals surface area contributed by atoms with Gasteiger partial charge in [-0.15, -0.1) is 0 Å². The highest BCUT2D eigenvalue weighted by Gasteiger charge is 2.26. The summed E-state index contributed by atoms with van der Waals surface area (Å²) < 4.78 is 27.0. The summed E-state index contributed by atoms with van der Waals surface area (Å²) in [5, 5.41) is 3.92. The maximum absolute atomic E-state index is 13.0. The minimum atomic E-state index is -3.77. The Hall–Kier alpha value is -2.15. The highest BCUT2D eigenvalue weighted by Crippen LogP contribution is 2.26. The molecule has 0 spiro atoms. The van der Waals surface area contributed by atoms with Crippen LogP contribution >= 0.6 is 0 Å². The molecule has 0 N–H and O–H groups in total. The van der Waals surface area contributed by atoms with E-state index in [0.29, 0.717) is 25.1 Å². The zero-order valence-electron chi connectivity index (χ0n) is 14.5. The lowest BCUT2D eigenvalue weighted by molar-refractivity contribution is 0.201. The van der Waals surface area contributed by atoms with Crippen molar-refractivity contribution >= 4 is 15.9 Å². The maximum atomic E-state index is 13.0. The van der Waals surface area contributed by atoms with E-state index in [4.69, 9.17) is 0 Å². The molecule has 0 fully saturated rings. The monoisotopic (exact) mass is 349 g/mol. The van der Waals surface area contributed by atoms with Crippen molar-refractivity contribution in [1.29, 1.82) is 0 Å². The molecule has 0 aliphatic rings. The van der Waals surface area contributed by atoms with Crippen molar-refractivity contribution in [3.05, 3.63) is 41.6 Å². The summed E-state index contributed by atoms with van der Waals surface area (Å²) in [6, 6.07) is 6.46. The van der Waals surface area contributed by atoms with Gasteiger partial charge < -0.3 is 4.90 Å². The van der Waals surface area contributed by atoms with Gasteiger partial charge in [-0.3, -0.25) is 0 Å². The molecule has 1 amide bonds. The molecule has 2 rings (SSSR count). The smallest absolute Gasteiger partial charge is 0.323 e. The molecule has 24 heavy (non-hydrogen) atoms. The molecule has 0 saturated carbocycles. The van der Waals surface area contributed by atoms with Crippen LogP contribution in [0.5, 0.6) is 0 Å². The van der Waals surface area contributed by atoms with E-state index in [2.05, 4.69) is 5.10 Å². The minimum absolute atomic E-state index is 0.105. The van der Waals surface area contributed by atoms with Gasteiger partial charge >= 0.3 is 6.03 Å². The van der Waals surface area contributed by atoms with Crippen molar-refractivity contribution in [3.63, 3.8) is 0 Å². The Morgan fingerprint density at radius 3 is 2.42 bits per heavy atom. The summed E-state index contributed by atoms with van der Waals surface area (Å²) in [4.78, 5) is 14.2. The normalized spacial score (nSPS) is 11.5. The summed E-state index contributed by atoms with van der Waals surface area (Å²) in [6.07, 6.45) is 2.01. The first-order chi connectivity index (χ1) is 11.4. The lowest BCUT2D eigenvalue weighted by atomic mass is 10.1. The fourth-order valence-electron chi connectivity index (χ4n) is 2.68. The summed E-state index contributed by atoms with van der Waals surface area (Å²) in [7, 11) is -3.77. The predicted octanol–water partition coefficient (Wildman–Crippen LogP) is 2.90. The number of hydrogen-bond donors (Lipinski definition) is 0. The van der Waals surface area contributed by atoms with E-state index in [1.807, 2.05) is 26.8 Å². The Bertz CT molecular complexity index is 837. The number of benzene rings is 1. The predicted molar refractivity (Wildman–Crippen MR) is 92.0 cm³/mol. The zero-order chi connectivity index (χ0) is 17.9. The summed E-state index contributed by atoms with van der Waals surface area (Å²) in [5.74, 6) is 0. The molecular weight excluding hydrogens is 326 g/mol. The molecule has 0 atom stereocenters. The topological polar surface area (TPSA) is 72.3 Å². The Kier molecular flexibility index (Phi) is 5.43. The largest absolute Gasteiger partial charge is 0.344 e. The van der Waals surface area contributed by atoms with Crippen LogP contribution in [0.2, 0.25) is 0 Å². The Morgan fingerprint density at radius 1 is 1.17 bits per heavy atom. The number of hydrogen-bond acceptors (Lipinski definition) is 4. The van der Waals surface area contributed by atoms with Gasteiger partial charge in [0.25, 0.3) is 0 Å². The van der Waals surface area contributed by atoms with Crippen LogP contribution in [0, 0.1) is 6.92 Å². The van der Waals surface area contributed by atoms with Crippen LogP contribution in [0.25, 0.3) is 0 Å². The van der Waals surface area contributed by atoms with Crippen LogP contribution in [-0.4, -0.2) is 42.2 Å². The van der Waals surface area contributed by atoms with Crippen LogP contribution in [0.15, 0.2) is 40.4 Å². The van der Waals surface area contributed by atoms with E-state index in [1.54, 1.807) is 24.0 Å². The molecule has 2 aromatic rings. The SMILES string of the molecule is CCc1cccc(C)c1S(=O)(=O)c1ccn(C(=O)N(CC)CC)n1. The first-order valence-corrected chi connectivity index (χ1v) is 9.53. The number of amides is 1. The van der Waals surface area contributed by atoms with Crippen LogP contribution in [0.4, 0.5) is 4.79 Å². The fraction of sp³-hybridized carbons (Fsp3) is 0.412. The number of nitrogens with zero attached hydrogens (tertiary/aromatic N) is 3. The van der Waals surface area contributed by atoms with E-state index in [-0.39, 0.29) is 16.0 Å². The molecule has 1 aromatic heterocycles. The summed E-state index contributed by atoms with van der Waals surface area (Å²) >= 11 is 0. The van der Waals surface area contributed by atoms with Crippen molar-refractivity contribution in [1.82, 2.24) is 14.7 Å². The van der Waals surface area contributed by atoms with Crippen LogP contribution in [0.3, 0.4) is 0 Å². The second-order valence-corrected chi connectivity index (χ2v) is 7.31. The number of carbonyl (C=O) groups is 1. The number of aromatic nitrogens is 2. The van der Waals surface area contributed by atoms with E-state index in [9.17, 15) is 13.2 Å². The van der Waals surface area contributed by atoms with Gasteiger partial charge in [-0.1, -0.05) is 25.1 Å². The minimum Gasteiger partial charge on any atom is -0.323 e. The van der Waals surface area contributed by atoms with Gasteiger partial charge in [-0.25, -0.2) is 13.2 Å².